The fraction of sp³-hybridized carbons (Fsp3) is 0.939. The molecule has 0 aliphatic heterocycles. The van der Waals surface area contributed by atoms with Crippen molar-refractivity contribution in [1.82, 2.24) is 0 Å². The molecule has 0 rings (SSSR count). The minimum Gasteiger partial charge on any atom is -0.462 e. The molecule has 2 unspecified atom stereocenters. The first kappa shape index (κ1) is 83.1. The Bertz CT molecular complexity index is 1650. The molecule has 0 aliphatic carbocycles. The Morgan fingerprint density at radius 2 is 0.541 bits per heavy atom. The normalized spacial score (nSPS) is 14.2. The van der Waals surface area contributed by atoms with Gasteiger partial charge >= 0.3 is 39.5 Å². The van der Waals surface area contributed by atoms with Gasteiger partial charge < -0.3 is 33.8 Å². The summed E-state index contributed by atoms with van der Waals surface area (Å²) in [5.41, 5.74) is 0. The van der Waals surface area contributed by atoms with Gasteiger partial charge in [-0.2, -0.15) is 0 Å². The number of aliphatic hydroxyl groups excluding tert-OH is 1. The van der Waals surface area contributed by atoms with E-state index >= 15 is 0 Å². The van der Waals surface area contributed by atoms with Crippen molar-refractivity contribution >= 4 is 39.5 Å². The molecule has 0 spiro atoms. The van der Waals surface area contributed by atoms with Gasteiger partial charge in [0.1, 0.15) is 19.3 Å². The summed E-state index contributed by atoms with van der Waals surface area (Å²) in [7, 11) is -9.88. The van der Waals surface area contributed by atoms with Gasteiger partial charge in [0.25, 0.3) is 0 Å². The van der Waals surface area contributed by atoms with Crippen molar-refractivity contribution in [1.29, 1.82) is 0 Å². The Morgan fingerprint density at radius 3 is 0.800 bits per heavy atom. The molecular weight excluding hydrogens is 1130 g/mol. The standard InChI is InChI=1S/C66H128O17P2/c1-6-9-12-15-18-20-31-35-40-45-50-64(69)77-56-62(83-66(71)52-47-42-37-32-28-26-24-22-21-23-25-27-30-34-38-43-48-59(4)5)58-81-85(74,75)79-54-60(67)53-78-84(72,73)80-57-61(55-76-63(68)49-44-39-33-17-14-11-8-3)82-65(70)51-46-41-36-29-19-16-13-10-7-2/h59-62,67H,6-58H2,1-5H3,(H,72,73)(H,74,75)/t60-,61+,62+/m0/s1. The first-order valence-electron chi connectivity index (χ1n) is 34.6. The third-order valence-corrected chi connectivity index (χ3v) is 17.2. The fourth-order valence-electron chi connectivity index (χ4n) is 9.94. The summed E-state index contributed by atoms with van der Waals surface area (Å²) in [5, 5.41) is 10.5. The first-order valence-corrected chi connectivity index (χ1v) is 37.6. The van der Waals surface area contributed by atoms with Crippen LogP contribution in [0, 0.1) is 5.92 Å². The molecule has 19 heteroatoms. The summed E-state index contributed by atoms with van der Waals surface area (Å²) < 4.78 is 67.9. The minimum absolute atomic E-state index is 0.106. The summed E-state index contributed by atoms with van der Waals surface area (Å²) in [6.07, 6.45) is 44.6. The maximum Gasteiger partial charge on any atom is 0.472 e. The van der Waals surface area contributed by atoms with Crippen LogP contribution in [0.25, 0.3) is 0 Å². The lowest BCUT2D eigenvalue weighted by molar-refractivity contribution is -0.161. The Hall–Kier alpha value is -1.94. The van der Waals surface area contributed by atoms with Gasteiger partial charge in [-0.05, 0) is 31.6 Å². The number of hydrogen-bond acceptors (Lipinski definition) is 15. The molecule has 0 aliphatic rings. The quantitative estimate of drug-likeness (QED) is 0.0222. The zero-order valence-corrected chi connectivity index (χ0v) is 56.5. The molecule has 0 aromatic rings. The van der Waals surface area contributed by atoms with Crippen molar-refractivity contribution < 1.29 is 80.2 Å². The van der Waals surface area contributed by atoms with E-state index in [4.69, 9.17) is 37.0 Å². The van der Waals surface area contributed by atoms with E-state index < -0.39 is 97.5 Å². The highest BCUT2D eigenvalue weighted by Crippen LogP contribution is 2.45. The number of hydrogen-bond donors (Lipinski definition) is 3. The summed E-state index contributed by atoms with van der Waals surface area (Å²) in [5.74, 6) is -1.33. The van der Waals surface area contributed by atoms with Crippen LogP contribution in [0.2, 0.25) is 0 Å². The van der Waals surface area contributed by atoms with E-state index in [2.05, 4.69) is 34.6 Å². The van der Waals surface area contributed by atoms with Crippen molar-refractivity contribution in [3.8, 4) is 0 Å². The van der Waals surface area contributed by atoms with Crippen molar-refractivity contribution in [3.05, 3.63) is 0 Å². The van der Waals surface area contributed by atoms with Crippen LogP contribution in [0.5, 0.6) is 0 Å². The monoisotopic (exact) mass is 1250 g/mol. The second-order valence-electron chi connectivity index (χ2n) is 24.3. The van der Waals surface area contributed by atoms with E-state index in [1.165, 1.54) is 148 Å². The molecule has 0 aromatic carbocycles. The van der Waals surface area contributed by atoms with E-state index in [1.54, 1.807) is 0 Å². The average Bonchev–Trinajstić information content (AvgIpc) is 3.60. The maximum absolute atomic E-state index is 13.0. The van der Waals surface area contributed by atoms with Crippen LogP contribution in [-0.4, -0.2) is 96.7 Å². The average molecular weight is 1260 g/mol. The maximum atomic E-state index is 13.0. The van der Waals surface area contributed by atoms with Crippen LogP contribution < -0.4 is 0 Å². The molecule has 0 aromatic heterocycles. The second kappa shape index (κ2) is 59.7. The number of aliphatic hydroxyl groups is 1. The van der Waals surface area contributed by atoms with Crippen LogP contribution in [-0.2, 0) is 65.4 Å². The van der Waals surface area contributed by atoms with E-state index in [-0.39, 0.29) is 25.7 Å². The number of ether oxygens (including phenoxy) is 4. The number of phosphoric ester groups is 2. The zero-order valence-electron chi connectivity index (χ0n) is 54.7. The van der Waals surface area contributed by atoms with Crippen molar-refractivity contribution in [2.24, 2.45) is 5.92 Å². The van der Waals surface area contributed by atoms with E-state index in [1.807, 2.05) is 0 Å². The van der Waals surface area contributed by atoms with Gasteiger partial charge in [-0.15, -0.1) is 0 Å². The van der Waals surface area contributed by atoms with Gasteiger partial charge in [-0.1, -0.05) is 285 Å². The molecule has 0 bridgehead atoms. The lowest BCUT2D eigenvalue weighted by Gasteiger charge is -2.21. The molecule has 0 fully saturated rings. The molecule has 3 N–H and O–H groups in total. The summed E-state index contributed by atoms with van der Waals surface area (Å²) >= 11 is 0. The molecule has 0 saturated carbocycles. The highest BCUT2D eigenvalue weighted by atomic mass is 31.2. The number of phosphoric acid groups is 2. The van der Waals surface area contributed by atoms with Crippen molar-refractivity contribution in [2.75, 3.05) is 39.6 Å². The summed E-state index contributed by atoms with van der Waals surface area (Å²) in [4.78, 5) is 72.1. The summed E-state index contributed by atoms with van der Waals surface area (Å²) in [6, 6.07) is 0. The highest BCUT2D eigenvalue weighted by Gasteiger charge is 2.30. The molecule has 85 heavy (non-hydrogen) atoms. The minimum atomic E-state index is -4.94. The lowest BCUT2D eigenvalue weighted by Crippen LogP contribution is -2.30. The van der Waals surface area contributed by atoms with Gasteiger partial charge in [0.15, 0.2) is 12.2 Å². The van der Waals surface area contributed by atoms with Crippen LogP contribution in [0.4, 0.5) is 0 Å². The van der Waals surface area contributed by atoms with Gasteiger partial charge in [0.2, 0.25) is 0 Å². The molecule has 0 heterocycles. The molecule has 0 radical (unpaired) electrons. The fourth-order valence-corrected chi connectivity index (χ4v) is 11.5. The van der Waals surface area contributed by atoms with Crippen LogP contribution in [0.3, 0.4) is 0 Å². The zero-order chi connectivity index (χ0) is 62.8. The van der Waals surface area contributed by atoms with E-state index in [0.29, 0.717) is 25.7 Å². The largest absolute Gasteiger partial charge is 0.472 e. The molecule has 0 amide bonds. The van der Waals surface area contributed by atoms with Crippen LogP contribution >= 0.6 is 15.6 Å². The highest BCUT2D eigenvalue weighted by molar-refractivity contribution is 7.47. The van der Waals surface area contributed by atoms with Gasteiger partial charge in [0, 0.05) is 25.7 Å². The predicted octanol–water partition coefficient (Wildman–Crippen LogP) is 18.6. The van der Waals surface area contributed by atoms with Crippen LogP contribution in [0.15, 0.2) is 0 Å². The predicted molar refractivity (Wildman–Crippen MR) is 340 cm³/mol. The third kappa shape index (κ3) is 60.7. The van der Waals surface area contributed by atoms with E-state index in [0.717, 1.165) is 109 Å². The molecular formula is C66H128O17P2. The van der Waals surface area contributed by atoms with Gasteiger partial charge in [-0.25, -0.2) is 9.13 Å². The van der Waals surface area contributed by atoms with Gasteiger partial charge in [0.05, 0.1) is 26.4 Å². The first-order chi connectivity index (χ1) is 41.0. The second-order valence-corrected chi connectivity index (χ2v) is 27.2. The van der Waals surface area contributed by atoms with Gasteiger partial charge in [-0.3, -0.25) is 37.3 Å². The SMILES string of the molecule is CCCCCCCCCCCCC(=O)OC[C@H](COP(=O)(O)OC[C@@H](O)COP(=O)(O)OC[C@@H](COC(=O)CCCCCCCCC)OC(=O)CCCCCCCCCCC)OC(=O)CCCCCCCCCCCCCCCCCCC(C)C. The number of carbonyl (C=O) groups excluding carboxylic acids is 4. The number of esters is 4. The molecule has 0 saturated heterocycles. The Labute approximate surface area is 517 Å². The van der Waals surface area contributed by atoms with Crippen LogP contribution in [0.1, 0.15) is 336 Å². The van der Waals surface area contributed by atoms with Crippen molar-refractivity contribution in [2.45, 2.75) is 355 Å². The number of unbranched alkanes of at least 4 members (excludes halogenated alkanes) is 38. The Balaban J connectivity index is 5.14. The topological polar surface area (TPSA) is 237 Å². The summed E-state index contributed by atoms with van der Waals surface area (Å²) in [6.45, 7) is 7.18. The van der Waals surface area contributed by atoms with E-state index in [9.17, 15) is 43.2 Å². The number of rotatable bonds is 66. The molecule has 5 atom stereocenters. The smallest absolute Gasteiger partial charge is 0.462 e. The van der Waals surface area contributed by atoms with Crippen molar-refractivity contribution in [3.63, 3.8) is 0 Å². The lowest BCUT2D eigenvalue weighted by atomic mass is 10.0. The number of carbonyl (C=O) groups is 4. The Kier molecular flexibility index (Phi) is 58.3. The molecule has 504 valence electrons. The molecule has 17 nitrogen and oxygen atoms in total. The Morgan fingerprint density at radius 1 is 0.318 bits per heavy atom. The third-order valence-electron chi connectivity index (χ3n) is 15.3.